The molecule has 0 aromatic heterocycles. The number of rotatable bonds is 11. The second kappa shape index (κ2) is 14.8. The van der Waals surface area contributed by atoms with Gasteiger partial charge in [-0.05, 0) is 22.2 Å². The summed E-state index contributed by atoms with van der Waals surface area (Å²) in [5.74, 6) is 3.29. The number of nitrogens with zero attached hydrogens (tertiary/aromatic N) is 3. The van der Waals surface area contributed by atoms with E-state index in [1.807, 2.05) is 91.0 Å². The molecule has 3 aromatic carbocycles. The molecule has 8 heteroatoms. The smallest absolute Gasteiger partial charge is 0.129 e. The molecular formula is C32H37N3O4Si. The van der Waals surface area contributed by atoms with E-state index >= 15 is 0 Å². The van der Waals surface area contributed by atoms with Crippen LogP contribution in [0.5, 0.6) is 0 Å². The van der Waals surface area contributed by atoms with E-state index in [1.54, 1.807) is 0 Å². The van der Waals surface area contributed by atoms with Crippen LogP contribution in [0.25, 0.3) is 10.4 Å². The van der Waals surface area contributed by atoms with Crippen LogP contribution in [-0.4, -0.2) is 45.1 Å². The third kappa shape index (κ3) is 9.07. The number of ether oxygens (including phenoxy) is 4. The standard InChI is InChI=1S/C32H37N3O4Si/c1-40(2,3)20-19-28-30(34-35-33)32(38-23-27-17-11-6-12-18-27)31(37-22-26-15-9-5-10-16-26)29(39-28)24-36-21-25-13-7-4-8-14-25/h4-18,28-32H,21-24H2,1-3H3/t28-,29-,30+,31+,32-/m1/s1. The maximum Gasteiger partial charge on any atom is 0.129 e. The molecule has 1 fully saturated rings. The van der Waals surface area contributed by atoms with Crippen molar-refractivity contribution in [2.24, 2.45) is 5.11 Å². The molecule has 0 unspecified atom stereocenters. The van der Waals surface area contributed by atoms with Crippen LogP contribution in [0.15, 0.2) is 96.1 Å². The van der Waals surface area contributed by atoms with Gasteiger partial charge in [0.05, 0.1) is 32.5 Å². The Morgan fingerprint density at radius 2 is 1.27 bits per heavy atom. The predicted octanol–water partition coefficient (Wildman–Crippen LogP) is 6.70. The van der Waals surface area contributed by atoms with Gasteiger partial charge >= 0.3 is 0 Å². The first-order chi connectivity index (χ1) is 19.4. The Labute approximate surface area is 238 Å². The van der Waals surface area contributed by atoms with Gasteiger partial charge in [-0.15, -0.1) is 5.54 Å². The zero-order valence-corrected chi connectivity index (χ0v) is 24.4. The normalized spacial score (nSPS) is 22.5. The third-order valence-electron chi connectivity index (χ3n) is 6.40. The minimum Gasteiger partial charge on any atom is -0.374 e. The van der Waals surface area contributed by atoms with Crippen molar-refractivity contribution >= 4 is 8.07 Å². The lowest BCUT2D eigenvalue weighted by Crippen LogP contribution is -2.59. The van der Waals surface area contributed by atoms with E-state index in [-0.39, 0.29) is 6.61 Å². The summed E-state index contributed by atoms with van der Waals surface area (Å²) in [6.45, 7) is 7.90. The Morgan fingerprint density at radius 3 is 1.77 bits per heavy atom. The summed E-state index contributed by atoms with van der Waals surface area (Å²) < 4.78 is 25.7. The van der Waals surface area contributed by atoms with Crippen molar-refractivity contribution in [3.8, 4) is 11.5 Å². The molecule has 3 aromatic rings. The van der Waals surface area contributed by atoms with Crippen molar-refractivity contribution in [2.45, 2.75) is 69.9 Å². The van der Waals surface area contributed by atoms with Crippen molar-refractivity contribution in [3.05, 3.63) is 118 Å². The lowest BCUT2D eigenvalue weighted by molar-refractivity contribution is -0.217. The molecule has 0 aliphatic carbocycles. The van der Waals surface area contributed by atoms with Gasteiger partial charge in [0.1, 0.15) is 32.4 Å². The van der Waals surface area contributed by atoms with E-state index in [9.17, 15) is 5.53 Å². The fraction of sp³-hybridized carbons (Fsp3) is 0.375. The Kier molecular flexibility index (Phi) is 11.0. The molecule has 0 bridgehead atoms. The summed E-state index contributed by atoms with van der Waals surface area (Å²) in [4.78, 5) is 3.16. The predicted molar refractivity (Wildman–Crippen MR) is 159 cm³/mol. The van der Waals surface area contributed by atoms with E-state index in [1.165, 1.54) is 0 Å². The molecule has 5 atom stereocenters. The van der Waals surface area contributed by atoms with Crippen LogP contribution in [0.1, 0.15) is 16.7 Å². The van der Waals surface area contributed by atoms with Gasteiger partial charge in [-0.3, -0.25) is 0 Å². The Morgan fingerprint density at radius 1 is 0.775 bits per heavy atom. The second-order valence-electron chi connectivity index (χ2n) is 10.8. The van der Waals surface area contributed by atoms with Gasteiger partial charge in [-0.25, -0.2) is 0 Å². The van der Waals surface area contributed by atoms with E-state index in [0.717, 1.165) is 16.7 Å². The molecule has 1 aliphatic heterocycles. The van der Waals surface area contributed by atoms with Gasteiger partial charge in [0, 0.05) is 4.91 Å². The third-order valence-corrected chi connectivity index (χ3v) is 7.29. The Hall–Kier alpha value is -3.41. The first kappa shape index (κ1) is 29.6. The van der Waals surface area contributed by atoms with Crippen molar-refractivity contribution < 1.29 is 18.9 Å². The maximum absolute atomic E-state index is 9.54. The molecule has 1 aliphatic rings. The molecule has 7 nitrogen and oxygen atoms in total. The van der Waals surface area contributed by atoms with Crippen molar-refractivity contribution in [1.82, 2.24) is 0 Å². The average Bonchev–Trinajstić information content (AvgIpc) is 2.96. The van der Waals surface area contributed by atoms with Crippen LogP contribution >= 0.6 is 0 Å². The summed E-state index contributed by atoms with van der Waals surface area (Å²) in [6, 6.07) is 29.2. The van der Waals surface area contributed by atoms with E-state index in [0.29, 0.717) is 19.8 Å². The summed E-state index contributed by atoms with van der Waals surface area (Å²) in [6.07, 6.45) is -2.29. The van der Waals surface area contributed by atoms with Crippen LogP contribution in [0.3, 0.4) is 0 Å². The number of azide groups is 1. The monoisotopic (exact) mass is 555 g/mol. The van der Waals surface area contributed by atoms with Gasteiger partial charge in [-0.2, -0.15) is 0 Å². The van der Waals surface area contributed by atoms with Gasteiger partial charge in [0.25, 0.3) is 0 Å². The molecule has 1 heterocycles. The number of hydrogen-bond donors (Lipinski definition) is 0. The van der Waals surface area contributed by atoms with Crippen molar-refractivity contribution in [1.29, 1.82) is 0 Å². The highest BCUT2D eigenvalue weighted by Gasteiger charge is 2.47. The highest BCUT2D eigenvalue weighted by molar-refractivity contribution is 6.83. The first-order valence-corrected chi connectivity index (χ1v) is 17.1. The van der Waals surface area contributed by atoms with Gasteiger partial charge in [0.15, 0.2) is 0 Å². The molecule has 208 valence electrons. The second-order valence-corrected chi connectivity index (χ2v) is 15.6. The fourth-order valence-corrected chi connectivity index (χ4v) is 5.02. The van der Waals surface area contributed by atoms with Crippen molar-refractivity contribution in [3.63, 3.8) is 0 Å². The summed E-state index contributed by atoms with van der Waals surface area (Å²) in [7, 11) is -1.73. The molecule has 40 heavy (non-hydrogen) atoms. The lowest BCUT2D eigenvalue weighted by atomic mass is 9.93. The molecular weight excluding hydrogens is 518 g/mol. The van der Waals surface area contributed by atoms with Crippen LogP contribution in [0, 0.1) is 11.5 Å². The van der Waals surface area contributed by atoms with Gasteiger partial charge in [-0.1, -0.05) is 122 Å². The average molecular weight is 556 g/mol. The summed E-state index contributed by atoms with van der Waals surface area (Å²) >= 11 is 0. The summed E-state index contributed by atoms with van der Waals surface area (Å²) in [5, 5.41) is 4.15. The maximum atomic E-state index is 9.54. The zero-order chi connectivity index (χ0) is 28.2. The van der Waals surface area contributed by atoms with E-state index in [2.05, 4.69) is 41.1 Å². The Balaban J connectivity index is 1.63. The number of hydrogen-bond acceptors (Lipinski definition) is 5. The highest BCUT2D eigenvalue weighted by Crippen LogP contribution is 2.30. The molecule has 0 amide bonds. The fourth-order valence-electron chi connectivity index (χ4n) is 4.45. The molecule has 4 rings (SSSR count). The Bertz CT molecular complexity index is 1290. The zero-order valence-electron chi connectivity index (χ0n) is 23.4. The van der Waals surface area contributed by atoms with E-state index in [4.69, 9.17) is 18.9 Å². The van der Waals surface area contributed by atoms with E-state index < -0.39 is 38.5 Å². The van der Waals surface area contributed by atoms with Crippen LogP contribution in [-0.2, 0) is 38.8 Å². The highest BCUT2D eigenvalue weighted by atomic mass is 28.3. The van der Waals surface area contributed by atoms with Crippen molar-refractivity contribution in [2.75, 3.05) is 6.61 Å². The number of benzene rings is 3. The lowest BCUT2D eigenvalue weighted by Gasteiger charge is -2.43. The largest absolute Gasteiger partial charge is 0.374 e. The molecule has 0 saturated carbocycles. The molecule has 0 N–H and O–H groups in total. The molecule has 0 radical (unpaired) electrons. The topological polar surface area (TPSA) is 85.7 Å². The van der Waals surface area contributed by atoms with Gasteiger partial charge < -0.3 is 18.9 Å². The van der Waals surface area contributed by atoms with Crippen LogP contribution in [0.2, 0.25) is 19.6 Å². The summed E-state index contributed by atoms with van der Waals surface area (Å²) in [5.41, 5.74) is 16.0. The van der Waals surface area contributed by atoms with Crippen LogP contribution in [0.4, 0.5) is 0 Å². The van der Waals surface area contributed by atoms with Crippen LogP contribution < -0.4 is 0 Å². The minimum absolute atomic E-state index is 0.271. The van der Waals surface area contributed by atoms with Gasteiger partial charge in [0.2, 0.25) is 0 Å². The SMILES string of the molecule is C[Si](C)(C)C#C[C@H]1O[C@H](COCc2ccccc2)[C@H](OCc2ccccc2)[C@H](OCc2ccccc2)[C@H]1N=[N+]=[N-]. The quantitative estimate of drug-likeness (QED) is 0.0866. The first-order valence-electron chi connectivity index (χ1n) is 13.6. The molecule has 1 saturated heterocycles. The molecule has 0 spiro atoms. The minimum atomic E-state index is -1.73.